The molecule has 0 spiro atoms. The SMILES string of the molecule is Cc1cc(C)cc(NC(=O)NCc2cc(-c3ccccn3)n(C)n2)c1. The highest BCUT2D eigenvalue weighted by Crippen LogP contribution is 2.17. The van der Waals surface area contributed by atoms with Gasteiger partial charge in [-0.25, -0.2) is 4.79 Å². The van der Waals surface area contributed by atoms with Crippen LogP contribution in [-0.4, -0.2) is 20.8 Å². The quantitative estimate of drug-likeness (QED) is 0.767. The van der Waals surface area contributed by atoms with Crippen molar-refractivity contribution in [2.24, 2.45) is 7.05 Å². The largest absolute Gasteiger partial charge is 0.332 e. The average Bonchev–Trinajstić information content (AvgIpc) is 2.94. The van der Waals surface area contributed by atoms with Gasteiger partial charge in [0.1, 0.15) is 0 Å². The molecule has 0 aliphatic carbocycles. The Morgan fingerprint density at radius 3 is 2.56 bits per heavy atom. The van der Waals surface area contributed by atoms with Crippen molar-refractivity contribution in [1.29, 1.82) is 0 Å². The molecule has 0 aliphatic heterocycles. The summed E-state index contributed by atoms with van der Waals surface area (Å²) in [6, 6.07) is 13.4. The molecule has 0 unspecified atom stereocenters. The maximum Gasteiger partial charge on any atom is 0.319 e. The van der Waals surface area contributed by atoms with Gasteiger partial charge >= 0.3 is 6.03 Å². The molecule has 0 saturated carbocycles. The Kier molecular flexibility index (Phi) is 4.79. The third kappa shape index (κ3) is 4.23. The minimum absolute atomic E-state index is 0.255. The van der Waals surface area contributed by atoms with Crippen molar-refractivity contribution in [3.05, 3.63) is 65.5 Å². The molecule has 2 heterocycles. The highest BCUT2D eigenvalue weighted by Gasteiger charge is 2.09. The van der Waals surface area contributed by atoms with Crippen LogP contribution in [0.4, 0.5) is 10.5 Å². The van der Waals surface area contributed by atoms with Crippen LogP contribution in [0.2, 0.25) is 0 Å². The zero-order valence-corrected chi connectivity index (χ0v) is 14.6. The number of carbonyl (C=O) groups excluding carboxylic acids is 1. The van der Waals surface area contributed by atoms with E-state index in [1.165, 1.54) is 0 Å². The summed E-state index contributed by atoms with van der Waals surface area (Å²) in [5, 5.41) is 10.1. The highest BCUT2D eigenvalue weighted by atomic mass is 16.2. The van der Waals surface area contributed by atoms with Gasteiger partial charge < -0.3 is 10.6 Å². The lowest BCUT2D eigenvalue weighted by Crippen LogP contribution is -2.28. The Bertz CT molecular complexity index is 866. The number of aryl methyl sites for hydroxylation is 3. The average molecular weight is 335 g/mol. The van der Waals surface area contributed by atoms with E-state index in [2.05, 4.69) is 26.8 Å². The molecule has 6 nitrogen and oxygen atoms in total. The lowest BCUT2D eigenvalue weighted by molar-refractivity contribution is 0.251. The van der Waals surface area contributed by atoms with Gasteiger partial charge in [0.15, 0.2) is 0 Å². The number of amides is 2. The second kappa shape index (κ2) is 7.17. The molecule has 2 aromatic heterocycles. The van der Waals surface area contributed by atoms with Crippen LogP contribution in [0.15, 0.2) is 48.7 Å². The minimum Gasteiger partial charge on any atom is -0.332 e. The fourth-order valence-electron chi connectivity index (χ4n) is 2.76. The van der Waals surface area contributed by atoms with Gasteiger partial charge in [-0.2, -0.15) is 5.10 Å². The first kappa shape index (κ1) is 16.7. The van der Waals surface area contributed by atoms with Crippen molar-refractivity contribution in [3.63, 3.8) is 0 Å². The molecule has 0 aliphatic rings. The van der Waals surface area contributed by atoms with E-state index in [0.29, 0.717) is 6.54 Å². The van der Waals surface area contributed by atoms with Crippen LogP contribution < -0.4 is 10.6 Å². The first-order chi connectivity index (χ1) is 12.0. The molecular formula is C19H21N5O. The number of nitrogens with one attached hydrogen (secondary N) is 2. The molecule has 2 N–H and O–H groups in total. The lowest BCUT2D eigenvalue weighted by Gasteiger charge is -2.08. The fraction of sp³-hybridized carbons (Fsp3) is 0.211. The maximum atomic E-state index is 12.1. The van der Waals surface area contributed by atoms with E-state index in [9.17, 15) is 4.79 Å². The van der Waals surface area contributed by atoms with E-state index in [1.807, 2.05) is 57.3 Å². The molecule has 0 fully saturated rings. The van der Waals surface area contributed by atoms with Gasteiger partial charge in [-0.15, -0.1) is 0 Å². The standard InChI is InChI=1S/C19H21N5O/c1-13-8-14(2)10-15(9-13)22-19(25)21-12-16-11-18(24(3)23-16)17-6-4-5-7-20-17/h4-11H,12H2,1-3H3,(H2,21,22,25). The summed E-state index contributed by atoms with van der Waals surface area (Å²) in [5.74, 6) is 0. The summed E-state index contributed by atoms with van der Waals surface area (Å²) in [6.45, 7) is 4.35. The van der Waals surface area contributed by atoms with Crippen molar-refractivity contribution in [3.8, 4) is 11.4 Å². The van der Waals surface area contributed by atoms with Gasteiger partial charge in [-0.1, -0.05) is 12.1 Å². The molecule has 3 aromatic rings. The van der Waals surface area contributed by atoms with Gasteiger partial charge in [0, 0.05) is 18.9 Å². The number of benzene rings is 1. The van der Waals surface area contributed by atoms with Crippen molar-refractivity contribution in [2.75, 3.05) is 5.32 Å². The Labute approximate surface area is 146 Å². The number of urea groups is 1. The van der Waals surface area contributed by atoms with Crippen molar-refractivity contribution in [2.45, 2.75) is 20.4 Å². The number of nitrogens with zero attached hydrogens (tertiary/aromatic N) is 3. The molecule has 0 saturated heterocycles. The zero-order chi connectivity index (χ0) is 17.8. The number of hydrogen-bond donors (Lipinski definition) is 2. The van der Waals surface area contributed by atoms with Crippen LogP contribution in [0.25, 0.3) is 11.4 Å². The second-order valence-corrected chi connectivity index (χ2v) is 6.04. The molecule has 0 radical (unpaired) electrons. The van der Waals surface area contributed by atoms with Crippen LogP contribution in [-0.2, 0) is 13.6 Å². The molecule has 6 heteroatoms. The topological polar surface area (TPSA) is 71.8 Å². The first-order valence-corrected chi connectivity index (χ1v) is 8.09. The molecule has 128 valence electrons. The highest BCUT2D eigenvalue weighted by molar-refractivity contribution is 5.89. The number of anilines is 1. The monoisotopic (exact) mass is 335 g/mol. The van der Waals surface area contributed by atoms with Crippen molar-refractivity contribution < 1.29 is 4.79 Å². The summed E-state index contributed by atoms with van der Waals surface area (Å²) in [5.41, 5.74) is 5.54. The Hall–Kier alpha value is -3.15. The number of rotatable bonds is 4. The van der Waals surface area contributed by atoms with Crippen LogP contribution >= 0.6 is 0 Å². The molecular weight excluding hydrogens is 314 g/mol. The van der Waals surface area contributed by atoms with E-state index in [-0.39, 0.29) is 6.03 Å². The summed E-state index contributed by atoms with van der Waals surface area (Å²) >= 11 is 0. The number of carbonyl (C=O) groups is 1. The molecule has 25 heavy (non-hydrogen) atoms. The molecule has 0 bridgehead atoms. The third-order valence-electron chi connectivity index (χ3n) is 3.77. The zero-order valence-electron chi connectivity index (χ0n) is 14.6. The summed E-state index contributed by atoms with van der Waals surface area (Å²) in [6.07, 6.45) is 1.75. The predicted octanol–water partition coefficient (Wildman–Crippen LogP) is 3.42. The third-order valence-corrected chi connectivity index (χ3v) is 3.77. The summed E-state index contributed by atoms with van der Waals surface area (Å²) in [7, 11) is 1.86. The molecule has 2 amide bonds. The first-order valence-electron chi connectivity index (χ1n) is 8.09. The number of hydrogen-bond acceptors (Lipinski definition) is 3. The molecule has 1 aromatic carbocycles. The lowest BCUT2D eigenvalue weighted by atomic mass is 10.1. The summed E-state index contributed by atoms with van der Waals surface area (Å²) in [4.78, 5) is 16.4. The van der Waals surface area contributed by atoms with Crippen LogP contribution in [0.1, 0.15) is 16.8 Å². The molecule has 3 rings (SSSR count). The van der Waals surface area contributed by atoms with Crippen LogP contribution in [0.5, 0.6) is 0 Å². The van der Waals surface area contributed by atoms with E-state index >= 15 is 0 Å². The van der Waals surface area contributed by atoms with Gasteiger partial charge in [0.05, 0.1) is 23.6 Å². The Balaban J connectivity index is 1.63. The van der Waals surface area contributed by atoms with E-state index in [4.69, 9.17) is 0 Å². The van der Waals surface area contributed by atoms with Crippen LogP contribution in [0, 0.1) is 13.8 Å². The fourth-order valence-corrected chi connectivity index (χ4v) is 2.76. The normalized spacial score (nSPS) is 10.5. The van der Waals surface area contributed by atoms with Crippen LogP contribution in [0.3, 0.4) is 0 Å². The predicted molar refractivity (Wildman–Crippen MR) is 98.2 cm³/mol. The Morgan fingerprint density at radius 1 is 1.12 bits per heavy atom. The van der Waals surface area contributed by atoms with E-state index < -0.39 is 0 Å². The second-order valence-electron chi connectivity index (χ2n) is 6.04. The van der Waals surface area contributed by atoms with Crippen molar-refractivity contribution in [1.82, 2.24) is 20.1 Å². The summed E-state index contributed by atoms with van der Waals surface area (Å²) < 4.78 is 1.77. The van der Waals surface area contributed by atoms with Gasteiger partial charge in [-0.05, 0) is 55.3 Å². The van der Waals surface area contributed by atoms with E-state index in [0.717, 1.165) is 33.9 Å². The smallest absolute Gasteiger partial charge is 0.319 e. The van der Waals surface area contributed by atoms with Crippen molar-refractivity contribution >= 4 is 11.7 Å². The van der Waals surface area contributed by atoms with Gasteiger partial charge in [0.25, 0.3) is 0 Å². The minimum atomic E-state index is -0.255. The van der Waals surface area contributed by atoms with Gasteiger partial charge in [-0.3, -0.25) is 9.67 Å². The number of pyridine rings is 1. The van der Waals surface area contributed by atoms with Gasteiger partial charge in [0.2, 0.25) is 0 Å². The maximum absolute atomic E-state index is 12.1. The Morgan fingerprint density at radius 2 is 1.88 bits per heavy atom. The van der Waals surface area contributed by atoms with E-state index in [1.54, 1.807) is 10.9 Å². The number of aromatic nitrogens is 3. The molecule has 0 atom stereocenters.